The van der Waals surface area contributed by atoms with E-state index in [1.165, 1.54) is 6.42 Å². The number of ether oxygens (including phenoxy) is 1. The summed E-state index contributed by atoms with van der Waals surface area (Å²) in [7, 11) is 0. The Morgan fingerprint density at radius 3 is 2.22 bits per heavy atom. The van der Waals surface area contributed by atoms with Gasteiger partial charge < -0.3 is 19.9 Å². The molecule has 0 spiro atoms. The zero-order valence-electron chi connectivity index (χ0n) is 15.6. The van der Waals surface area contributed by atoms with Crippen LogP contribution >= 0.6 is 0 Å². The molecule has 27 heavy (non-hydrogen) atoms. The number of rotatable bonds is 4. The first kappa shape index (κ1) is 19.2. The Hall–Kier alpha value is -2.57. The lowest BCUT2D eigenvalue weighted by atomic mass is 9.89. The number of anilines is 1. The average molecular weight is 373 g/mol. The second-order valence-electron chi connectivity index (χ2n) is 7.11. The molecule has 3 amide bonds. The zero-order chi connectivity index (χ0) is 19.1. The number of nitrogens with one attached hydrogen (secondary N) is 1. The highest BCUT2D eigenvalue weighted by molar-refractivity contribution is 5.89. The van der Waals surface area contributed by atoms with Crippen molar-refractivity contribution in [2.45, 2.75) is 32.1 Å². The number of urea groups is 1. The molecular weight excluding hydrogens is 346 g/mol. The van der Waals surface area contributed by atoms with Gasteiger partial charge in [0.25, 0.3) is 5.91 Å². The topological polar surface area (TPSA) is 79.0 Å². The second-order valence-corrected chi connectivity index (χ2v) is 7.11. The van der Waals surface area contributed by atoms with Gasteiger partial charge in [0.15, 0.2) is 6.61 Å². The molecule has 1 aromatic rings. The summed E-state index contributed by atoms with van der Waals surface area (Å²) >= 11 is 0. The molecule has 1 aliphatic heterocycles. The molecule has 0 atom stereocenters. The Bertz CT molecular complexity index is 650. The smallest absolute Gasteiger partial charge is 0.321 e. The first-order valence-electron chi connectivity index (χ1n) is 9.69. The molecule has 1 saturated heterocycles. The van der Waals surface area contributed by atoms with Gasteiger partial charge in [-0.1, -0.05) is 37.5 Å². The lowest BCUT2D eigenvalue weighted by Gasteiger charge is -2.34. The van der Waals surface area contributed by atoms with Crippen LogP contribution < -0.4 is 5.32 Å². The minimum atomic E-state index is -0.246. The second kappa shape index (κ2) is 9.39. The van der Waals surface area contributed by atoms with Gasteiger partial charge in [-0.15, -0.1) is 0 Å². The van der Waals surface area contributed by atoms with Crippen molar-refractivity contribution in [2.75, 3.05) is 38.1 Å². The maximum atomic E-state index is 12.3. The van der Waals surface area contributed by atoms with Crippen molar-refractivity contribution >= 4 is 23.6 Å². The van der Waals surface area contributed by atoms with E-state index in [9.17, 15) is 14.4 Å². The van der Waals surface area contributed by atoms with Crippen LogP contribution in [0.4, 0.5) is 10.5 Å². The number of benzene rings is 1. The average Bonchev–Trinajstić information content (AvgIpc) is 2.73. The van der Waals surface area contributed by atoms with Gasteiger partial charge in [0, 0.05) is 31.9 Å². The summed E-state index contributed by atoms with van der Waals surface area (Å²) in [5.41, 5.74) is 0.746. The number of carbonyl (C=O) groups is 3. The van der Waals surface area contributed by atoms with Crippen molar-refractivity contribution < 1.29 is 19.1 Å². The van der Waals surface area contributed by atoms with Gasteiger partial charge in [0.1, 0.15) is 0 Å². The number of esters is 1. The van der Waals surface area contributed by atoms with E-state index in [1.54, 1.807) is 9.80 Å². The van der Waals surface area contributed by atoms with Crippen LogP contribution in [0.15, 0.2) is 30.3 Å². The van der Waals surface area contributed by atoms with Gasteiger partial charge in [-0.05, 0) is 25.0 Å². The summed E-state index contributed by atoms with van der Waals surface area (Å²) < 4.78 is 5.23. The van der Waals surface area contributed by atoms with E-state index in [0.29, 0.717) is 26.2 Å². The number of nitrogens with zero attached hydrogens (tertiary/aromatic N) is 2. The summed E-state index contributed by atoms with van der Waals surface area (Å²) in [5.74, 6) is -0.490. The van der Waals surface area contributed by atoms with Crippen molar-refractivity contribution in [3.63, 3.8) is 0 Å². The predicted octanol–water partition coefficient (Wildman–Crippen LogP) is 2.49. The van der Waals surface area contributed by atoms with Crippen LogP contribution in [0.1, 0.15) is 32.1 Å². The van der Waals surface area contributed by atoms with Gasteiger partial charge in [0.05, 0.1) is 5.92 Å². The van der Waals surface area contributed by atoms with Crippen LogP contribution in [0.3, 0.4) is 0 Å². The largest absolute Gasteiger partial charge is 0.455 e. The van der Waals surface area contributed by atoms with E-state index in [1.807, 2.05) is 30.3 Å². The molecule has 1 saturated carbocycles. The molecule has 146 valence electrons. The summed E-state index contributed by atoms with van der Waals surface area (Å²) in [5, 5.41) is 2.85. The Balaban J connectivity index is 1.38. The third-order valence-electron chi connectivity index (χ3n) is 5.22. The number of para-hydroxylation sites is 1. The third-order valence-corrected chi connectivity index (χ3v) is 5.22. The van der Waals surface area contributed by atoms with Crippen LogP contribution in [0.25, 0.3) is 0 Å². The maximum absolute atomic E-state index is 12.3. The van der Waals surface area contributed by atoms with E-state index in [-0.39, 0.29) is 30.4 Å². The lowest BCUT2D eigenvalue weighted by molar-refractivity contribution is -0.156. The molecule has 0 radical (unpaired) electrons. The molecule has 1 aromatic carbocycles. The van der Waals surface area contributed by atoms with Gasteiger partial charge in [0.2, 0.25) is 0 Å². The number of amides is 3. The van der Waals surface area contributed by atoms with E-state index < -0.39 is 0 Å². The van der Waals surface area contributed by atoms with Crippen LogP contribution in [-0.4, -0.2) is 60.5 Å². The molecule has 7 heteroatoms. The van der Waals surface area contributed by atoms with Gasteiger partial charge in [-0.3, -0.25) is 9.59 Å². The van der Waals surface area contributed by atoms with Crippen LogP contribution in [0.5, 0.6) is 0 Å². The molecule has 2 aliphatic rings. The predicted molar refractivity (Wildman–Crippen MR) is 101 cm³/mol. The Labute approximate surface area is 159 Å². The SMILES string of the molecule is O=C(OCC(=O)N1CCN(C(=O)Nc2ccccc2)CC1)C1CCCCC1. The first-order valence-corrected chi connectivity index (χ1v) is 9.69. The van der Waals surface area contributed by atoms with Crippen LogP contribution in [-0.2, 0) is 14.3 Å². The van der Waals surface area contributed by atoms with Gasteiger partial charge in [-0.25, -0.2) is 4.79 Å². The molecule has 0 aromatic heterocycles. The highest BCUT2D eigenvalue weighted by Crippen LogP contribution is 2.24. The summed E-state index contributed by atoms with van der Waals surface area (Å²) in [6.07, 6.45) is 5.01. The molecule has 7 nitrogen and oxygen atoms in total. The van der Waals surface area contributed by atoms with Crippen LogP contribution in [0.2, 0.25) is 0 Å². The summed E-state index contributed by atoms with van der Waals surface area (Å²) in [6.45, 7) is 1.61. The minimum Gasteiger partial charge on any atom is -0.455 e. The Morgan fingerprint density at radius 1 is 0.926 bits per heavy atom. The quantitative estimate of drug-likeness (QED) is 0.823. The van der Waals surface area contributed by atoms with Crippen molar-refractivity contribution in [2.24, 2.45) is 5.92 Å². The van der Waals surface area contributed by atoms with E-state index in [4.69, 9.17) is 4.74 Å². The zero-order valence-corrected chi connectivity index (χ0v) is 15.6. The molecule has 1 heterocycles. The number of piperazine rings is 1. The van der Waals surface area contributed by atoms with Crippen LogP contribution in [0, 0.1) is 5.92 Å². The number of hydrogen-bond acceptors (Lipinski definition) is 4. The fourth-order valence-corrected chi connectivity index (χ4v) is 3.56. The summed E-state index contributed by atoms with van der Waals surface area (Å²) in [4.78, 5) is 39.9. The lowest BCUT2D eigenvalue weighted by Crippen LogP contribution is -2.52. The molecule has 3 rings (SSSR count). The number of carbonyl (C=O) groups excluding carboxylic acids is 3. The highest BCUT2D eigenvalue weighted by Gasteiger charge is 2.27. The normalized spacial score (nSPS) is 18.1. The monoisotopic (exact) mass is 373 g/mol. The highest BCUT2D eigenvalue weighted by atomic mass is 16.5. The third kappa shape index (κ3) is 5.45. The number of hydrogen-bond donors (Lipinski definition) is 1. The fraction of sp³-hybridized carbons (Fsp3) is 0.550. The van der Waals surface area contributed by atoms with Crippen molar-refractivity contribution in [1.82, 2.24) is 9.80 Å². The maximum Gasteiger partial charge on any atom is 0.321 e. The first-order chi connectivity index (χ1) is 13.1. The van der Waals surface area contributed by atoms with E-state index in [2.05, 4.69) is 5.32 Å². The molecule has 2 fully saturated rings. The summed E-state index contributed by atoms with van der Waals surface area (Å²) in [6, 6.07) is 9.11. The molecule has 1 N–H and O–H groups in total. The standard InChI is InChI=1S/C20H27N3O4/c24-18(15-27-19(25)16-7-3-1-4-8-16)22-11-13-23(14-12-22)20(26)21-17-9-5-2-6-10-17/h2,5-6,9-10,16H,1,3-4,7-8,11-15H2,(H,21,26). The molecule has 0 bridgehead atoms. The Morgan fingerprint density at radius 2 is 1.56 bits per heavy atom. The van der Waals surface area contributed by atoms with E-state index in [0.717, 1.165) is 31.4 Å². The Kier molecular flexibility index (Phi) is 6.68. The van der Waals surface area contributed by atoms with Crippen molar-refractivity contribution in [3.8, 4) is 0 Å². The fourth-order valence-electron chi connectivity index (χ4n) is 3.56. The van der Waals surface area contributed by atoms with E-state index >= 15 is 0 Å². The molecule has 1 aliphatic carbocycles. The van der Waals surface area contributed by atoms with Gasteiger partial charge in [-0.2, -0.15) is 0 Å². The molecule has 0 unspecified atom stereocenters. The molecular formula is C20H27N3O4. The minimum absolute atomic E-state index is 0.0509. The van der Waals surface area contributed by atoms with Gasteiger partial charge >= 0.3 is 12.0 Å². The van der Waals surface area contributed by atoms with Crippen molar-refractivity contribution in [3.05, 3.63) is 30.3 Å². The van der Waals surface area contributed by atoms with Crippen molar-refractivity contribution in [1.29, 1.82) is 0 Å².